The quantitative estimate of drug-likeness (QED) is 0.722. The number of aliphatic imine (C=N–C) groups is 1. The Morgan fingerprint density at radius 3 is 2.58 bits per heavy atom. The van der Waals surface area contributed by atoms with Crippen LogP contribution in [0.3, 0.4) is 0 Å². The first kappa shape index (κ1) is 15.7. The number of aromatic nitrogens is 2. The van der Waals surface area contributed by atoms with Gasteiger partial charge in [0.05, 0.1) is 11.3 Å². The van der Waals surface area contributed by atoms with Crippen LogP contribution in [0.2, 0.25) is 0 Å². The molecule has 0 amide bonds. The van der Waals surface area contributed by atoms with Crippen molar-refractivity contribution in [3.05, 3.63) is 76.0 Å². The minimum absolute atomic E-state index is 0.0428. The number of nitrogens with one attached hydrogen (secondary N) is 1. The highest BCUT2D eigenvalue weighted by Gasteiger charge is 2.12. The van der Waals surface area contributed by atoms with Gasteiger partial charge in [-0.2, -0.15) is 0 Å². The Labute approximate surface area is 137 Å². The number of para-hydroxylation sites is 2. The monoisotopic (exact) mass is 325 g/mol. The van der Waals surface area contributed by atoms with Crippen LogP contribution in [-0.4, -0.2) is 21.1 Å². The number of aryl methyl sites for hydroxylation is 1. The predicted molar refractivity (Wildman–Crippen MR) is 91.1 cm³/mol. The lowest BCUT2D eigenvalue weighted by Gasteiger charge is -2.00. The molecule has 24 heavy (non-hydrogen) atoms. The average Bonchev–Trinajstić information content (AvgIpc) is 2.91. The first-order valence-electron chi connectivity index (χ1n) is 7.52. The third-order valence-corrected chi connectivity index (χ3v) is 3.66. The van der Waals surface area contributed by atoms with Gasteiger partial charge in [0.1, 0.15) is 17.3 Å². The van der Waals surface area contributed by atoms with E-state index in [0.29, 0.717) is 29.1 Å². The molecular weight excluding hydrogens is 309 g/mol. The van der Waals surface area contributed by atoms with E-state index >= 15 is 0 Å². The van der Waals surface area contributed by atoms with Crippen LogP contribution in [0.5, 0.6) is 5.75 Å². The second-order valence-electron chi connectivity index (χ2n) is 5.22. The summed E-state index contributed by atoms with van der Waals surface area (Å²) in [5, 5.41) is 12.8. The molecule has 5 nitrogen and oxygen atoms in total. The third kappa shape index (κ3) is 2.99. The van der Waals surface area contributed by atoms with E-state index in [-0.39, 0.29) is 17.1 Å². The van der Waals surface area contributed by atoms with Crippen LogP contribution in [0.15, 0.2) is 58.3 Å². The number of aromatic hydroxyl groups is 1. The summed E-state index contributed by atoms with van der Waals surface area (Å²) in [6.45, 7) is 1.91. The summed E-state index contributed by atoms with van der Waals surface area (Å²) in [6.07, 6.45) is 2.04. The van der Waals surface area contributed by atoms with E-state index in [2.05, 4.69) is 10.1 Å². The number of halogens is 1. The molecule has 0 saturated carbocycles. The number of phenols is 1. The standard InChI is InChI=1S/C18H16FN3O2/c1-2-15-14(11-20-16-5-3-4-6-17(16)23)18(24)22(21-15)13-9-7-12(19)8-10-13/h3-11,21,23H,2H2,1H3. The molecule has 2 N–H and O–H groups in total. The lowest BCUT2D eigenvalue weighted by atomic mass is 10.2. The van der Waals surface area contributed by atoms with Gasteiger partial charge in [0.25, 0.3) is 5.56 Å². The van der Waals surface area contributed by atoms with Crippen LogP contribution < -0.4 is 5.56 Å². The fourth-order valence-electron chi connectivity index (χ4n) is 2.38. The van der Waals surface area contributed by atoms with Crippen molar-refractivity contribution in [3.8, 4) is 11.4 Å². The number of nitrogens with zero attached hydrogens (tertiary/aromatic N) is 2. The van der Waals surface area contributed by atoms with E-state index in [1.165, 1.54) is 41.2 Å². The smallest absolute Gasteiger partial charge is 0.280 e. The number of phenolic OH excluding ortho intramolecular Hbond substituents is 1. The van der Waals surface area contributed by atoms with Gasteiger partial charge in [-0.1, -0.05) is 19.1 Å². The fraction of sp³-hybridized carbons (Fsp3) is 0.111. The van der Waals surface area contributed by atoms with Gasteiger partial charge >= 0.3 is 0 Å². The topological polar surface area (TPSA) is 70.4 Å². The zero-order chi connectivity index (χ0) is 17.1. The summed E-state index contributed by atoms with van der Waals surface area (Å²) in [7, 11) is 0. The largest absolute Gasteiger partial charge is 0.506 e. The van der Waals surface area contributed by atoms with Gasteiger partial charge in [-0.15, -0.1) is 0 Å². The molecule has 0 saturated heterocycles. The summed E-state index contributed by atoms with van der Waals surface area (Å²) >= 11 is 0. The van der Waals surface area contributed by atoms with Crippen molar-refractivity contribution in [1.29, 1.82) is 0 Å². The molecule has 6 heteroatoms. The van der Waals surface area contributed by atoms with Gasteiger partial charge in [0.2, 0.25) is 0 Å². The second-order valence-corrected chi connectivity index (χ2v) is 5.22. The molecule has 0 atom stereocenters. The lowest BCUT2D eigenvalue weighted by Crippen LogP contribution is -2.17. The molecule has 0 aliphatic heterocycles. The van der Waals surface area contributed by atoms with E-state index in [1.807, 2.05) is 6.92 Å². The highest BCUT2D eigenvalue weighted by molar-refractivity contribution is 5.83. The Morgan fingerprint density at radius 1 is 1.21 bits per heavy atom. The van der Waals surface area contributed by atoms with E-state index in [4.69, 9.17) is 0 Å². The first-order chi connectivity index (χ1) is 11.6. The van der Waals surface area contributed by atoms with Crippen LogP contribution in [0.1, 0.15) is 18.2 Å². The van der Waals surface area contributed by atoms with Gasteiger partial charge in [-0.25, -0.2) is 9.07 Å². The molecule has 0 aliphatic rings. The van der Waals surface area contributed by atoms with Crippen LogP contribution in [0, 0.1) is 5.82 Å². The lowest BCUT2D eigenvalue weighted by molar-refractivity contribution is 0.477. The minimum atomic E-state index is -0.365. The molecule has 0 radical (unpaired) electrons. The molecule has 0 fully saturated rings. The van der Waals surface area contributed by atoms with Crippen LogP contribution in [-0.2, 0) is 6.42 Å². The highest BCUT2D eigenvalue weighted by Crippen LogP contribution is 2.24. The van der Waals surface area contributed by atoms with E-state index in [1.54, 1.807) is 18.2 Å². The maximum atomic E-state index is 13.1. The molecule has 3 aromatic rings. The summed E-state index contributed by atoms with van der Waals surface area (Å²) in [5.74, 6) is -0.323. The molecule has 0 spiro atoms. The van der Waals surface area contributed by atoms with Crippen LogP contribution in [0.25, 0.3) is 5.69 Å². The Morgan fingerprint density at radius 2 is 1.92 bits per heavy atom. The molecule has 0 aliphatic carbocycles. The zero-order valence-corrected chi connectivity index (χ0v) is 13.0. The summed E-state index contributed by atoms with van der Waals surface area (Å²) < 4.78 is 14.4. The average molecular weight is 325 g/mol. The van der Waals surface area contributed by atoms with Crippen LogP contribution in [0.4, 0.5) is 10.1 Å². The van der Waals surface area contributed by atoms with E-state index < -0.39 is 0 Å². The molecule has 3 rings (SSSR count). The van der Waals surface area contributed by atoms with Crippen molar-refractivity contribution in [1.82, 2.24) is 9.78 Å². The Kier molecular flexibility index (Phi) is 4.29. The van der Waals surface area contributed by atoms with Gasteiger partial charge in [0, 0.05) is 11.9 Å². The van der Waals surface area contributed by atoms with Crippen LogP contribution >= 0.6 is 0 Å². The molecular formula is C18H16FN3O2. The van der Waals surface area contributed by atoms with Crippen molar-refractivity contribution >= 4 is 11.9 Å². The maximum Gasteiger partial charge on any atom is 0.280 e. The predicted octanol–water partition coefficient (Wildman–Crippen LogP) is 3.32. The zero-order valence-electron chi connectivity index (χ0n) is 13.0. The minimum Gasteiger partial charge on any atom is -0.506 e. The van der Waals surface area contributed by atoms with Crippen molar-refractivity contribution in [2.45, 2.75) is 13.3 Å². The molecule has 122 valence electrons. The summed E-state index contributed by atoms with van der Waals surface area (Å²) in [5.41, 5.74) is 1.76. The molecule has 2 aromatic carbocycles. The number of rotatable bonds is 4. The number of hydrogen-bond acceptors (Lipinski definition) is 3. The SMILES string of the molecule is CCc1[nH]n(-c2ccc(F)cc2)c(=O)c1C=Nc1ccccc1O. The number of H-pyrrole nitrogens is 1. The van der Waals surface area contributed by atoms with Crippen molar-refractivity contribution in [3.63, 3.8) is 0 Å². The Bertz CT molecular complexity index is 940. The van der Waals surface area contributed by atoms with E-state index in [9.17, 15) is 14.3 Å². The maximum absolute atomic E-state index is 13.1. The number of benzene rings is 2. The summed E-state index contributed by atoms with van der Waals surface area (Å²) in [6, 6.07) is 12.3. The number of aromatic amines is 1. The number of hydrogen-bond donors (Lipinski definition) is 2. The Hall–Kier alpha value is -3.15. The van der Waals surface area contributed by atoms with Gasteiger partial charge in [0.15, 0.2) is 0 Å². The van der Waals surface area contributed by atoms with Crippen molar-refractivity contribution in [2.24, 2.45) is 4.99 Å². The van der Waals surface area contributed by atoms with Gasteiger partial charge < -0.3 is 5.11 Å². The highest BCUT2D eigenvalue weighted by atomic mass is 19.1. The second kappa shape index (κ2) is 6.54. The molecule has 0 bridgehead atoms. The van der Waals surface area contributed by atoms with E-state index in [0.717, 1.165) is 0 Å². The van der Waals surface area contributed by atoms with Gasteiger partial charge in [-0.05, 0) is 42.8 Å². The molecule has 1 heterocycles. The molecule has 1 aromatic heterocycles. The first-order valence-corrected chi connectivity index (χ1v) is 7.52. The van der Waals surface area contributed by atoms with Crippen molar-refractivity contribution < 1.29 is 9.50 Å². The third-order valence-electron chi connectivity index (χ3n) is 3.66. The molecule has 0 unspecified atom stereocenters. The van der Waals surface area contributed by atoms with Crippen molar-refractivity contribution in [2.75, 3.05) is 0 Å². The fourth-order valence-corrected chi connectivity index (χ4v) is 2.38. The Balaban J connectivity index is 2.04. The normalized spacial score (nSPS) is 11.2. The van der Waals surface area contributed by atoms with Gasteiger partial charge in [-0.3, -0.25) is 14.9 Å². The summed E-state index contributed by atoms with van der Waals surface area (Å²) in [4.78, 5) is 16.8.